The molecule has 35 heavy (non-hydrogen) atoms. The van der Waals surface area contributed by atoms with Crippen LogP contribution in [0, 0.1) is 0 Å². The number of carboxylic acids is 1. The van der Waals surface area contributed by atoms with Crippen molar-refractivity contribution >= 4 is 52.6 Å². The van der Waals surface area contributed by atoms with Gasteiger partial charge in [-0.05, 0) is 37.1 Å². The number of para-hydroxylation sites is 1. The summed E-state index contributed by atoms with van der Waals surface area (Å²) in [6.07, 6.45) is 0.363. The van der Waals surface area contributed by atoms with E-state index in [2.05, 4.69) is 10.6 Å². The topological polar surface area (TPSA) is 119 Å². The van der Waals surface area contributed by atoms with E-state index in [0.717, 1.165) is 5.69 Å². The van der Waals surface area contributed by atoms with Gasteiger partial charge in [-0.15, -0.1) is 0 Å². The highest BCUT2D eigenvalue weighted by Gasteiger charge is 2.50. The largest absolute Gasteiger partial charge is 0.480 e. The lowest BCUT2D eigenvalue weighted by Crippen LogP contribution is -2.57. The second-order valence-corrected chi connectivity index (χ2v) is 9.32. The Balaban J connectivity index is 1.41. The van der Waals surface area contributed by atoms with Gasteiger partial charge in [-0.3, -0.25) is 14.4 Å². The third-order valence-corrected chi connectivity index (χ3v) is 7.15. The Hall–Kier alpha value is -3.30. The maximum absolute atomic E-state index is 12.9. The number of likely N-dealkylation sites (tertiary alicyclic amines) is 1. The second-order valence-electron chi connectivity index (χ2n) is 8.51. The zero-order valence-corrected chi connectivity index (χ0v) is 20.2. The van der Waals surface area contributed by atoms with Crippen LogP contribution >= 0.6 is 23.2 Å². The van der Waals surface area contributed by atoms with Crippen molar-refractivity contribution < 1.29 is 24.3 Å². The number of halogens is 2. The van der Waals surface area contributed by atoms with E-state index >= 15 is 0 Å². The average molecular weight is 519 g/mol. The number of carbonyl (C=O) groups excluding carboxylic acids is 3. The third kappa shape index (κ3) is 4.92. The quantitative estimate of drug-likeness (QED) is 0.540. The molecule has 11 heteroatoms. The Morgan fingerprint density at radius 2 is 1.66 bits per heavy atom. The molecule has 0 aliphatic carbocycles. The molecule has 9 nitrogen and oxygen atoms in total. The minimum Gasteiger partial charge on any atom is -0.480 e. The normalized spacial score (nSPS) is 17.7. The summed E-state index contributed by atoms with van der Waals surface area (Å²) in [6, 6.07) is 12.6. The van der Waals surface area contributed by atoms with Crippen molar-refractivity contribution in [1.29, 1.82) is 0 Å². The molecule has 1 unspecified atom stereocenters. The molecule has 1 atom stereocenters. The highest BCUT2D eigenvalue weighted by molar-refractivity contribution is 6.39. The summed E-state index contributed by atoms with van der Waals surface area (Å²) in [4.78, 5) is 53.7. The molecule has 0 radical (unpaired) electrons. The molecule has 4 rings (SSSR count). The maximum Gasteiger partial charge on any atom is 0.326 e. The van der Waals surface area contributed by atoms with Gasteiger partial charge < -0.3 is 25.5 Å². The van der Waals surface area contributed by atoms with E-state index in [9.17, 15) is 24.3 Å². The van der Waals surface area contributed by atoms with E-state index in [4.69, 9.17) is 23.2 Å². The van der Waals surface area contributed by atoms with Crippen LogP contribution in [-0.2, 0) is 14.4 Å². The molecule has 0 aromatic heterocycles. The van der Waals surface area contributed by atoms with Crippen LogP contribution in [0.1, 0.15) is 29.6 Å². The number of aliphatic carboxylic acids is 1. The highest BCUT2D eigenvalue weighted by atomic mass is 35.5. The molecule has 3 amide bonds. The molecular formula is C24H24Cl2N4O5. The summed E-state index contributed by atoms with van der Waals surface area (Å²) in [5, 5.41) is 15.0. The van der Waals surface area contributed by atoms with Gasteiger partial charge in [0.2, 0.25) is 11.8 Å². The van der Waals surface area contributed by atoms with Gasteiger partial charge >= 0.3 is 5.97 Å². The van der Waals surface area contributed by atoms with Crippen LogP contribution in [0.25, 0.3) is 0 Å². The molecule has 0 bridgehead atoms. The summed E-state index contributed by atoms with van der Waals surface area (Å²) in [5.74, 6) is -2.64. The minimum absolute atomic E-state index is 0.0531. The molecule has 2 aliphatic heterocycles. The summed E-state index contributed by atoms with van der Waals surface area (Å²) in [5.41, 5.74) is 0.0968. The lowest BCUT2D eigenvalue weighted by molar-refractivity contribution is -0.144. The molecule has 1 spiro atoms. The van der Waals surface area contributed by atoms with Crippen molar-refractivity contribution in [3.63, 3.8) is 0 Å². The zero-order valence-electron chi connectivity index (χ0n) is 18.7. The van der Waals surface area contributed by atoms with Crippen LogP contribution in [0.5, 0.6) is 0 Å². The number of nitrogens with zero attached hydrogens (tertiary/aromatic N) is 2. The van der Waals surface area contributed by atoms with Gasteiger partial charge in [0.1, 0.15) is 11.6 Å². The van der Waals surface area contributed by atoms with Crippen LogP contribution < -0.4 is 15.5 Å². The van der Waals surface area contributed by atoms with E-state index in [1.807, 2.05) is 35.2 Å². The summed E-state index contributed by atoms with van der Waals surface area (Å²) in [7, 11) is 0. The molecule has 0 saturated carbocycles. The van der Waals surface area contributed by atoms with Crippen LogP contribution in [0.2, 0.25) is 10.0 Å². The second kappa shape index (κ2) is 10.1. The SMILES string of the molecule is O=C(NC(CC(=O)N1CCC2(CC1)C(=O)NCN2c1ccccc1)C(=O)O)c1c(Cl)cccc1Cl. The van der Waals surface area contributed by atoms with Crippen molar-refractivity contribution in [2.45, 2.75) is 30.8 Å². The van der Waals surface area contributed by atoms with Crippen LogP contribution in [0.4, 0.5) is 5.69 Å². The fourth-order valence-electron chi connectivity index (χ4n) is 4.61. The van der Waals surface area contributed by atoms with E-state index in [1.165, 1.54) is 17.0 Å². The number of amides is 3. The molecule has 2 aromatic carbocycles. The standard InChI is InChI=1S/C24H24Cl2N4O5/c25-16-7-4-8-17(26)20(16)21(32)28-18(22(33)34)13-19(31)29-11-9-24(10-12-29)23(35)27-14-30(24)15-5-2-1-3-6-15/h1-8,18H,9-14H2,(H,27,35)(H,28,32)(H,33,34). The number of piperidine rings is 1. The first kappa shape index (κ1) is 24.8. The molecule has 2 heterocycles. The van der Waals surface area contributed by atoms with Gasteiger partial charge in [-0.1, -0.05) is 47.5 Å². The Bertz CT molecular complexity index is 1130. The summed E-state index contributed by atoms with van der Waals surface area (Å²) in [6.45, 7) is 0.951. The number of nitrogens with one attached hydrogen (secondary N) is 2. The summed E-state index contributed by atoms with van der Waals surface area (Å²) < 4.78 is 0. The average Bonchev–Trinajstić information content (AvgIpc) is 3.14. The van der Waals surface area contributed by atoms with Crippen molar-refractivity contribution in [2.75, 3.05) is 24.7 Å². The third-order valence-electron chi connectivity index (χ3n) is 6.52. The lowest BCUT2D eigenvalue weighted by atomic mass is 9.85. The van der Waals surface area contributed by atoms with Gasteiger partial charge in [0.15, 0.2) is 0 Å². The van der Waals surface area contributed by atoms with Gasteiger partial charge in [0.05, 0.1) is 28.7 Å². The minimum atomic E-state index is -1.46. The van der Waals surface area contributed by atoms with E-state index < -0.39 is 35.8 Å². The van der Waals surface area contributed by atoms with Crippen LogP contribution in [0.15, 0.2) is 48.5 Å². The number of carboxylic acid groups (broad SMARTS) is 1. The van der Waals surface area contributed by atoms with Crippen molar-refractivity contribution in [1.82, 2.24) is 15.5 Å². The zero-order chi connectivity index (χ0) is 25.2. The van der Waals surface area contributed by atoms with Gasteiger partial charge in [-0.2, -0.15) is 0 Å². The Morgan fingerprint density at radius 1 is 1.03 bits per heavy atom. The first-order valence-electron chi connectivity index (χ1n) is 11.1. The number of carbonyl (C=O) groups is 4. The molecular weight excluding hydrogens is 495 g/mol. The smallest absolute Gasteiger partial charge is 0.326 e. The number of rotatable bonds is 6. The van der Waals surface area contributed by atoms with Gasteiger partial charge in [0, 0.05) is 18.8 Å². The fourth-order valence-corrected chi connectivity index (χ4v) is 5.18. The predicted octanol–water partition coefficient (Wildman–Crippen LogP) is 2.52. The van der Waals surface area contributed by atoms with Crippen molar-refractivity contribution in [3.8, 4) is 0 Å². The Morgan fingerprint density at radius 3 is 2.26 bits per heavy atom. The van der Waals surface area contributed by atoms with Crippen molar-refractivity contribution in [3.05, 3.63) is 64.1 Å². The highest BCUT2D eigenvalue weighted by Crippen LogP contribution is 2.36. The molecule has 2 fully saturated rings. The van der Waals surface area contributed by atoms with Crippen LogP contribution in [-0.4, -0.2) is 65.0 Å². The molecule has 184 valence electrons. The first-order valence-corrected chi connectivity index (χ1v) is 11.8. The monoisotopic (exact) mass is 518 g/mol. The van der Waals surface area contributed by atoms with E-state index in [-0.39, 0.29) is 34.6 Å². The number of benzene rings is 2. The Kier molecular flexibility index (Phi) is 7.18. The first-order chi connectivity index (χ1) is 16.7. The fraction of sp³-hybridized carbons (Fsp3) is 0.333. The van der Waals surface area contributed by atoms with Crippen molar-refractivity contribution in [2.24, 2.45) is 0 Å². The van der Waals surface area contributed by atoms with Gasteiger partial charge in [0.25, 0.3) is 5.91 Å². The lowest BCUT2D eigenvalue weighted by Gasteiger charge is -2.43. The number of hydrogen-bond donors (Lipinski definition) is 3. The molecule has 2 aromatic rings. The molecule has 3 N–H and O–H groups in total. The number of hydrogen-bond acceptors (Lipinski definition) is 5. The van der Waals surface area contributed by atoms with Crippen LogP contribution in [0.3, 0.4) is 0 Å². The maximum atomic E-state index is 12.9. The Labute approximate surface area is 212 Å². The molecule has 2 saturated heterocycles. The summed E-state index contributed by atoms with van der Waals surface area (Å²) >= 11 is 12.1. The van der Waals surface area contributed by atoms with E-state index in [1.54, 1.807) is 6.07 Å². The van der Waals surface area contributed by atoms with Gasteiger partial charge in [-0.25, -0.2) is 4.79 Å². The number of anilines is 1. The molecule has 2 aliphatic rings. The van der Waals surface area contributed by atoms with E-state index in [0.29, 0.717) is 19.5 Å². The predicted molar refractivity (Wildman–Crippen MR) is 130 cm³/mol.